The first-order chi connectivity index (χ1) is 7.81. The molecule has 2 rings (SSSR count). The summed E-state index contributed by atoms with van der Waals surface area (Å²) in [7, 11) is 1.88. The lowest BCUT2D eigenvalue weighted by Gasteiger charge is -2.15. The van der Waals surface area contributed by atoms with Gasteiger partial charge in [-0.25, -0.2) is 0 Å². The smallest absolute Gasteiger partial charge is 0.255 e. The molecule has 0 atom stereocenters. The molecule has 4 heteroatoms. The fraction of sp³-hybridized carbons (Fsp3) is 0.500. The molecule has 1 aromatic rings. The highest BCUT2D eigenvalue weighted by Gasteiger charge is 2.19. The Hall–Kier alpha value is -1.42. The Balaban J connectivity index is 2.12. The molecular weight excluding hydrogens is 202 g/mol. The molecule has 0 saturated carbocycles. The van der Waals surface area contributed by atoms with Crippen molar-refractivity contribution in [1.29, 1.82) is 0 Å². The van der Waals surface area contributed by atoms with E-state index in [4.69, 9.17) is 0 Å². The Morgan fingerprint density at radius 3 is 2.88 bits per heavy atom. The normalized spacial score (nSPS) is 15.4. The van der Waals surface area contributed by atoms with Gasteiger partial charge in [-0.15, -0.1) is 0 Å². The fourth-order valence-electron chi connectivity index (χ4n) is 2.01. The number of pyridine rings is 1. The summed E-state index contributed by atoms with van der Waals surface area (Å²) in [6.07, 6.45) is 5.68. The van der Waals surface area contributed by atoms with Crippen LogP contribution in [0.2, 0.25) is 0 Å². The van der Waals surface area contributed by atoms with E-state index in [1.54, 1.807) is 12.4 Å². The van der Waals surface area contributed by atoms with Gasteiger partial charge < -0.3 is 10.2 Å². The zero-order valence-electron chi connectivity index (χ0n) is 9.57. The average Bonchev–Trinajstić information content (AvgIpc) is 2.82. The van der Waals surface area contributed by atoms with E-state index in [-0.39, 0.29) is 5.91 Å². The molecule has 1 saturated heterocycles. The van der Waals surface area contributed by atoms with Crippen molar-refractivity contribution in [2.75, 3.05) is 20.1 Å². The Morgan fingerprint density at radius 1 is 1.44 bits per heavy atom. The van der Waals surface area contributed by atoms with Gasteiger partial charge in [0.1, 0.15) is 0 Å². The summed E-state index contributed by atoms with van der Waals surface area (Å²) in [4.78, 5) is 18.1. The summed E-state index contributed by atoms with van der Waals surface area (Å²) in [5.41, 5.74) is 1.75. The quantitative estimate of drug-likeness (QED) is 0.826. The Labute approximate surface area is 95.7 Å². The minimum absolute atomic E-state index is 0.114. The van der Waals surface area contributed by atoms with Crippen LogP contribution in [0.1, 0.15) is 28.8 Å². The summed E-state index contributed by atoms with van der Waals surface area (Å²) >= 11 is 0. The fourth-order valence-corrected chi connectivity index (χ4v) is 2.01. The van der Waals surface area contributed by atoms with Crippen LogP contribution in [0.3, 0.4) is 0 Å². The monoisotopic (exact) mass is 219 g/mol. The minimum atomic E-state index is 0.114. The third-order valence-electron chi connectivity index (χ3n) is 2.82. The lowest BCUT2D eigenvalue weighted by molar-refractivity contribution is 0.0792. The van der Waals surface area contributed by atoms with Crippen molar-refractivity contribution in [2.45, 2.75) is 19.4 Å². The second kappa shape index (κ2) is 5.07. The molecular formula is C12H17N3O. The summed E-state index contributed by atoms with van der Waals surface area (Å²) < 4.78 is 0. The Kier molecular flexibility index (Phi) is 3.51. The summed E-state index contributed by atoms with van der Waals surface area (Å²) in [6.45, 7) is 2.51. The van der Waals surface area contributed by atoms with Crippen molar-refractivity contribution >= 4 is 5.91 Å². The van der Waals surface area contributed by atoms with Gasteiger partial charge in [-0.05, 0) is 31.5 Å². The number of amides is 1. The lowest BCUT2D eigenvalue weighted by atomic mass is 10.2. The molecule has 1 aliphatic rings. The SMILES string of the molecule is CNCc1cncc(C(=O)N2CCCC2)c1. The van der Waals surface area contributed by atoms with Gasteiger partial charge >= 0.3 is 0 Å². The molecule has 16 heavy (non-hydrogen) atoms. The number of nitrogens with one attached hydrogen (secondary N) is 1. The number of likely N-dealkylation sites (tertiary alicyclic amines) is 1. The van der Waals surface area contributed by atoms with Gasteiger partial charge in [-0.1, -0.05) is 0 Å². The Bertz CT molecular complexity index is 372. The van der Waals surface area contributed by atoms with Crippen molar-refractivity contribution in [3.8, 4) is 0 Å². The van der Waals surface area contributed by atoms with E-state index < -0.39 is 0 Å². The maximum absolute atomic E-state index is 12.1. The van der Waals surface area contributed by atoms with E-state index in [1.807, 2.05) is 18.0 Å². The first kappa shape index (κ1) is 11.1. The molecule has 0 aromatic carbocycles. The van der Waals surface area contributed by atoms with Crippen LogP contribution >= 0.6 is 0 Å². The van der Waals surface area contributed by atoms with E-state index in [2.05, 4.69) is 10.3 Å². The van der Waals surface area contributed by atoms with Gasteiger partial charge in [-0.3, -0.25) is 9.78 Å². The molecule has 1 amide bonds. The van der Waals surface area contributed by atoms with Crippen molar-refractivity contribution in [2.24, 2.45) is 0 Å². The van der Waals surface area contributed by atoms with E-state index >= 15 is 0 Å². The van der Waals surface area contributed by atoms with E-state index in [1.165, 1.54) is 0 Å². The van der Waals surface area contributed by atoms with Crippen LogP contribution in [0.25, 0.3) is 0 Å². The predicted octanol–water partition coefficient (Wildman–Crippen LogP) is 1.04. The highest BCUT2D eigenvalue weighted by Crippen LogP contribution is 2.13. The predicted molar refractivity (Wildman–Crippen MR) is 62.1 cm³/mol. The molecule has 0 spiro atoms. The van der Waals surface area contributed by atoms with Crippen LogP contribution in [-0.4, -0.2) is 35.9 Å². The van der Waals surface area contributed by atoms with Crippen molar-refractivity contribution < 1.29 is 4.79 Å². The average molecular weight is 219 g/mol. The van der Waals surface area contributed by atoms with Crippen molar-refractivity contribution in [3.63, 3.8) is 0 Å². The maximum atomic E-state index is 12.1. The molecule has 86 valence electrons. The maximum Gasteiger partial charge on any atom is 0.255 e. The molecule has 0 unspecified atom stereocenters. The van der Waals surface area contributed by atoms with Crippen LogP contribution in [0, 0.1) is 0 Å². The minimum Gasteiger partial charge on any atom is -0.339 e. The number of carbonyl (C=O) groups is 1. The summed E-state index contributed by atoms with van der Waals surface area (Å²) in [6, 6.07) is 1.92. The first-order valence-corrected chi connectivity index (χ1v) is 5.69. The number of aromatic nitrogens is 1. The number of hydrogen-bond acceptors (Lipinski definition) is 3. The van der Waals surface area contributed by atoms with Gasteiger partial charge in [0, 0.05) is 32.0 Å². The topological polar surface area (TPSA) is 45.2 Å². The van der Waals surface area contributed by atoms with Gasteiger partial charge in [0.15, 0.2) is 0 Å². The zero-order chi connectivity index (χ0) is 11.4. The second-order valence-electron chi connectivity index (χ2n) is 4.11. The molecule has 4 nitrogen and oxygen atoms in total. The summed E-state index contributed by atoms with van der Waals surface area (Å²) in [5, 5.41) is 3.05. The number of nitrogens with zero attached hydrogens (tertiary/aromatic N) is 2. The van der Waals surface area contributed by atoms with Crippen LogP contribution in [0.15, 0.2) is 18.5 Å². The highest BCUT2D eigenvalue weighted by molar-refractivity contribution is 5.94. The van der Waals surface area contributed by atoms with Crippen molar-refractivity contribution in [3.05, 3.63) is 29.6 Å². The van der Waals surface area contributed by atoms with Crippen LogP contribution < -0.4 is 5.32 Å². The van der Waals surface area contributed by atoms with Gasteiger partial charge in [0.2, 0.25) is 0 Å². The van der Waals surface area contributed by atoms with Crippen LogP contribution in [0.4, 0.5) is 0 Å². The molecule has 0 bridgehead atoms. The second-order valence-corrected chi connectivity index (χ2v) is 4.11. The Morgan fingerprint density at radius 2 is 2.19 bits per heavy atom. The van der Waals surface area contributed by atoms with Crippen LogP contribution in [-0.2, 0) is 6.54 Å². The molecule has 1 N–H and O–H groups in total. The molecule has 1 aromatic heterocycles. The zero-order valence-corrected chi connectivity index (χ0v) is 9.57. The largest absolute Gasteiger partial charge is 0.339 e. The summed E-state index contributed by atoms with van der Waals surface area (Å²) in [5.74, 6) is 0.114. The molecule has 1 aliphatic heterocycles. The van der Waals surface area contributed by atoms with Crippen LogP contribution in [0.5, 0.6) is 0 Å². The number of carbonyl (C=O) groups excluding carboxylic acids is 1. The first-order valence-electron chi connectivity index (χ1n) is 5.69. The molecule has 0 aliphatic carbocycles. The van der Waals surface area contributed by atoms with Crippen molar-refractivity contribution in [1.82, 2.24) is 15.2 Å². The third kappa shape index (κ3) is 2.39. The molecule has 0 radical (unpaired) electrons. The van der Waals surface area contributed by atoms with E-state index in [0.717, 1.165) is 38.0 Å². The highest BCUT2D eigenvalue weighted by atomic mass is 16.2. The standard InChI is InChI=1S/C12H17N3O/c1-13-7-10-6-11(9-14-8-10)12(16)15-4-2-3-5-15/h6,8-9,13H,2-5,7H2,1H3. The number of hydrogen-bond donors (Lipinski definition) is 1. The van der Waals surface area contributed by atoms with Gasteiger partial charge in [0.05, 0.1) is 5.56 Å². The van der Waals surface area contributed by atoms with Gasteiger partial charge in [0.25, 0.3) is 5.91 Å². The van der Waals surface area contributed by atoms with E-state index in [0.29, 0.717) is 5.56 Å². The van der Waals surface area contributed by atoms with E-state index in [9.17, 15) is 4.79 Å². The third-order valence-corrected chi connectivity index (χ3v) is 2.82. The lowest BCUT2D eigenvalue weighted by Crippen LogP contribution is -2.27. The molecule has 2 heterocycles. The number of rotatable bonds is 3. The van der Waals surface area contributed by atoms with Gasteiger partial charge in [-0.2, -0.15) is 0 Å². The molecule has 1 fully saturated rings.